The number of rotatable bonds is 7. The second-order valence-electron chi connectivity index (χ2n) is 4.42. The maximum atomic E-state index is 11.9. The van der Waals surface area contributed by atoms with Gasteiger partial charge >= 0.3 is 0 Å². The molecule has 0 spiro atoms. The SMILES string of the molecule is CNCc1ccc(CS(=O)(=O)NCc2ccon2)cc1. The summed E-state index contributed by atoms with van der Waals surface area (Å²) in [6.07, 6.45) is 1.41. The van der Waals surface area contributed by atoms with Crippen LogP contribution in [0, 0.1) is 0 Å². The number of nitrogens with one attached hydrogen (secondary N) is 2. The lowest BCUT2D eigenvalue weighted by molar-refractivity contribution is 0.411. The predicted octanol–water partition coefficient (Wildman–Crippen LogP) is 1.01. The quantitative estimate of drug-likeness (QED) is 0.796. The third-order valence-corrected chi connectivity index (χ3v) is 4.02. The van der Waals surface area contributed by atoms with Crippen LogP contribution >= 0.6 is 0 Å². The molecular weight excluding hydrogens is 278 g/mol. The van der Waals surface area contributed by atoms with Gasteiger partial charge in [0.25, 0.3) is 0 Å². The minimum Gasteiger partial charge on any atom is -0.364 e. The summed E-state index contributed by atoms with van der Waals surface area (Å²) in [6.45, 7) is 0.897. The Kier molecular flexibility index (Phi) is 4.89. The molecule has 0 saturated heterocycles. The number of aromatic nitrogens is 1. The molecule has 7 heteroatoms. The Labute approximate surface area is 118 Å². The van der Waals surface area contributed by atoms with Crippen molar-refractivity contribution in [1.82, 2.24) is 15.2 Å². The highest BCUT2D eigenvalue weighted by Gasteiger charge is 2.12. The minimum absolute atomic E-state index is 0.0509. The lowest BCUT2D eigenvalue weighted by atomic mass is 10.1. The predicted molar refractivity (Wildman–Crippen MR) is 75.2 cm³/mol. The van der Waals surface area contributed by atoms with Gasteiger partial charge in [0, 0.05) is 12.6 Å². The summed E-state index contributed by atoms with van der Waals surface area (Å²) in [4.78, 5) is 0. The Morgan fingerprint density at radius 3 is 2.40 bits per heavy atom. The molecule has 1 aromatic heterocycles. The summed E-state index contributed by atoms with van der Waals surface area (Å²) in [5.41, 5.74) is 2.42. The molecule has 2 aromatic rings. The third kappa shape index (κ3) is 4.44. The lowest BCUT2D eigenvalue weighted by Crippen LogP contribution is -2.24. The second kappa shape index (κ2) is 6.65. The smallest absolute Gasteiger partial charge is 0.216 e. The molecule has 0 fully saturated rings. The van der Waals surface area contributed by atoms with Crippen molar-refractivity contribution in [2.75, 3.05) is 7.05 Å². The Morgan fingerprint density at radius 2 is 1.80 bits per heavy atom. The molecule has 0 bridgehead atoms. The molecule has 0 aliphatic carbocycles. The number of sulfonamides is 1. The molecule has 0 unspecified atom stereocenters. The summed E-state index contributed by atoms with van der Waals surface area (Å²) in [5.74, 6) is -0.0509. The minimum atomic E-state index is -3.38. The van der Waals surface area contributed by atoms with Gasteiger partial charge in [0.1, 0.15) is 6.26 Å². The average Bonchev–Trinajstić information content (AvgIpc) is 2.92. The molecule has 0 atom stereocenters. The first-order valence-corrected chi connectivity index (χ1v) is 7.83. The van der Waals surface area contributed by atoms with Crippen molar-refractivity contribution in [3.8, 4) is 0 Å². The Bertz CT molecular complexity index is 621. The zero-order chi connectivity index (χ0) is 14.4. The highest BCUT2D eigenvalue weighted by Crippen LogP contribution is 2.08. The van der Waals surface area contributed by atoms with Crippen molar-refractivity contribution in [3.63, 3.8) is 0 Å². The van der Waals surface area contributed by atoms with Crippen LogP contribution in [-0.2, 0) is 28.9 Å². The zero-order valence-corrected chi connectivity index (χ0v) is 12.0. The number of hydrogen-bond acceptors (Lipinski definition) is 5. The van der Waals surface area contributed by atoms with Gasteiger partial charge < -0.3 is 9.84 Å². The maximum Gasteiger partial charge on any atom is 0.216 e. The van der Waals surface area contributed by atoms with E-state index in [4.69, 9.17) is 0 Å². The lowest BCUT2D eigenvalue weighted by Gasteiger charge is -2.06. The normalized spacial score (nSPS) is 11.7. The number of nitrogens with zero attached hydrogens (tertiary/aromatic N) is 1. The molecule has 0 aliphatic heterocycles. The highest BCUT2D eigenvalue weighted by atomic mass is 32.2. The first kappa shape index (κ1) is 14.7. The molecule has 2 N–H and O–H groups in total. The summed E-state index contributed by atoms with van der Waals surface area (Å²) < 4.78 is 31.0. The third-order valence-electron chi connectivity index (χ3n) is 2.73. The zero-order valence-electron chi connectivity index (χ0n) is 11.2. The van der Waals surface area contributed by atoms with Gasteiger partial charge in [0.15, 0.2) is 0 Å². The molecule has 1 aromatic carbocycles. The monoisotopic (exact) mass is 295 g/mol. The van der Waals surface area contributed by atoms with Gasteiger partial charge in [-0.25, -0.2) is 13.1 Å². The van der Waals surface area contributed by atoms with E-state index in [0.717, 1.165) is 17.7 Å². The van der Waals surface area contributed by atoms with Crippen molar-refractivity contribution < 1.29 is 12.9 Å². The van der Waals surface area contributed by atoms with Gasteiger partial charge in [-0.2, -0.15) is 0 Å². The van der Waals surface area contributed by atoms with Gasteiger partial charge in [-0.3, -0.25) is 0 Å². The van der Waals surface area contributed by atoms with Crippen molar-refractivity contribution >= 4 is 10.0 Å². The van der Waals surface area contributed by atoms with Crippen LogP contribution in [0.3, 0.4) is 0 Å². The van der Waals surface area contributed by atoms with Crippen LogP contribution in [0.2, 0.25) is 0 Å². The standard InChI is InChI=1S/C13H17N3O3S/c1-14-8-11-2-4-12(5-3-11)10-20(17,18)15-9-13-6-7-19-16-13/h2-7,14-15H,8-10H2,1H3. The van der Waals surface area contributed by atoms with Crippen LogP contribution in [0.1, 0.15) is 16.8 Å². The Morgan fingerprint density at radius 1 is 1.10 bits per heavy atom. The topological polar surface area (TPSA) is 84.2 Å². The highest BCUT2D eigenvalue weighted by molar-refractivity contribution is 7.88. The fraction of sp³-hybridized carbons (Fsp3) is 0.308. The van der Waals surface area contributed by atoms with E-state index >= 15 is 0 Å². The fourth-order valence-corrected chi connectivity index (χ4v) is 2.84. The molecule has 0 amide bonds. The van der Waals surface area contributed by atoms with E-state index < -0.39 is 10.0 Å². The van der Waals surface area contributed by atoms with E-state index in [1.807, 2.05) is 31.3 Å². The molecule has 0 saturated carbocycles. The van der Waals surface area contributed by atoms with E-state index in [1.54, 1.807) is 6.07 Å². The molecule has 6 nitrogen and oxygen atoms in total. The van der Waals surface area contributed by atoms with Crippen LogP contribution in [0.5, 0.6) is 0 Å². The van der Waals surface area contributed by atoms with Crippen LogP contribution < -0.4 is 10.0 Å². The van der Waals surface area contributed by atoms with Gasteiger partial charge in [-0.15, -0.1) is 0 Å². The first-order valence-electron chi connectivity index (χ1n) is 6.18. The largest absolute Gasteiger partial charge is 0.364 e. The molecule has 20 heavy (non-hydrogen) atoms. The van der Waals surface area contributed by atoms with Crippen molar-refractivity contribution in [2.45, 2.75) is 18.8 Å². The molecular formula is C13H17N3O3S. The van der Waals surface area contributed by atoms with E-state index in [-0.39, 0.29) is 12.3 Å². The van der Waals surface area contributed by atoms with Crippen molar-refractivity contribution in [2.24, 2.45) is 0 Å². The summed E-state index contributed by atoms with van der Waals surface area (Å²) in [7, 11) is -1.52. The van der Waals surface area contributed by atoms with Crippen LogP contribution in [0.15, 0.2) is 41.1 Å². The van der Waals surface area contributed by atoms with Crippen LogP contribution in [-0.4, -0.2) is 20.6 Å². The van der Waals surface area contributed by atoms with Crippen LogP contribution in [0.25, 0.3) is 0 Å². The van der Waals surface area contributed by atoms with E-state index in [1.165, 1.54) is 6.26 Å². The van der Waals surface area contributed by atoms with Gasteiger partial charge in [-0.05, 0) is 18.2 Å². The molecule has 108 valence electrons. The number of benzene rings is 1. The first-order chi connectivity index (χ1) is 9.59. The molecule has 1 heterocycles. The molecule has 2 rings (SSSR count). The van der Waals surface area contributed by atoms with E-state index in [9.17, 15) is 8.42 Å². The van der Waals surface area contributed by atoms with E-state index in [2.05, 4.69) is 19.7 Å². The van der Waals surface area contributed by atoms with Gasteiger partial charge in [-0.1, -0.05) is 29.4 Å². The van der Waals surface area contributed by atoms with Gasteiger partial charge in [0.2, 0.25) is 10.0 Å². The van der Waals surface area contributed by atoms with Crippen LogP contribution in [0.4, 0.5) is 0 Å². The molecule has 0 aliphatic rings. The second-order valence-corrected chi connectivity index (χ2v) is 6.22. The summed E-state index contributed by atoms with van der Waals surface area (Å²) in [5, 5.41) is 6.69. The Balaban J connectivity index is 1.93. The average molecular weight is 295 g/mol. The molecule has 0 radical (unpaired) electrons. The van der Waals surface area contributed by atoms with E-state index in [0.29, 0.717) is 5.69 Å². The number of hydrogen-bond donors (Lipinski definition) is 2. The summed E-state index contributed by atoms with van der Waals surface area (Å²) >= 11 is 0. The van der Waals surface area contributed by atoms with Crippen molar-refractivity contribution in [3.05, 3.63) is 53.4 Å². The Hall–Kier alpha value is -1.70. The van der Waals surface area contributed by atoms with Crippen molar-refractivity contribution in [1.29, 1.82) is 0 Å². The van der Waals surface area contributed by atoms with Gasteiger partial charge in [0.05, 0.1) is 18.0 Å². The maximum absolute atomic E-state index is 11.9. The fourth-order valence-electron chi connectivity index (χ4n) is 1.74. The summed E-state index contributed by atoms with van der Waals surface area (Å²) in [6, 6.07) is 9.09.